The first-order valence-corrected chi connectivity index (χ1v) is 5.05. The Morgan fingerprint density at radius 1 is 1.31 bits per heavy atom. The van der Waals surface area contributed by atoms with Gasteiger partial charge in [-0.15, -0.1) is 13.2 Å². The third kappa shape index (κ3) is 3.17. The van der Waals surface area contributed by atoms with Crippen molar-refractivity contribution in [1.82, 2.24) is 14.9 Å². The lowest BCUT2D eigenvalue weighted by molar-refractivity contribution is 0.0784. The predicted molar refractivity (Wildman–Crippen MR) is 63.3 cm³/mol. The summed E-state index contributed by atoms with van der Waals surface area (Å²) in [6.45, 7) is 8.05. The van der Waals surface area contributed by atoms with Gasteiger partial charge in [-0.05, 0) is 0 Å². The molecule has 0 aliphatic carbocycles. The summed E-state index contributed by atoms with van der Waals surface area (Å²) in [6, 6.07) is 0. The van der Waals surface area contributed by atoms with Crippen molar-refractivity contribution in [3.05, 3.63) is 48.6 Å². The number of rotatable bonds is 5. The van der Waals surface area contributed by atoms with Crippen LogP contribution in [0.4, 0.5) is 0 Å². The van der Waals surface area contributed by atoms with E-state index in [1.165, 1.54) is 12.4 Å². The quantitative estimate of drug-likeness (QED) is 0.736. The molecular weight excluding hydrogens is 226 g/mol. The molecule has 1 aromatic rings. The van der Waals surface area contributed by atoms with Gasteiger partial charge in [0.25, 0.3) is 5.91 Å². The maximum absolute atomic E-state index is 11.9. The third-order valence-electron chi connectivity index (χ3n) is 1.83. The van der Waals surface area contributed by atoms with Crippen molar-refractivity contribution in [1.29, 1.82) is 0 Å². The van der Waals surface area contributed by atoms with Gasteiger partial charge >= 0.3 is 0 Å². The molecule has 1 amide bonds. The average Bonchev–Trinajstić information content (AvgIpc) is 2.29. The summed E-state index contributed by atoms with van der Waals surface area (Å²) in [5.41, 5.74) is 0.258. The number of carbonyl (C=O) groups is 1. The summed E-state index contributed by atoms with van der Waals surface area (Å²) in [5, 5.41) is 0.260. The molecule has 0 atom stereocenters. The van der Waals surface area contributed by atoms with Gasteiger partial charge in [-0.1, -0.05) is 23.8 Å². The van der Waals surface area contributed by atoms with Crippen LogP contribution in [-0.2, 0) is 0 Å². The van der Waals surface area contributed by atoms with Crippen LogP contribution in [0, 0.1) is 0 Å². The van der Waals surface area contributed by atoms with Crippen LogP contribution in [0.3, 0.4) is 0 Å². The lowest BCUT2D eigenvalue weighted by Gasteiger charge is -2.18. The summed E-state index contributed by atoms with van der Waals surface area (Å²) in [6.07, 6.45) is 5.98. The maximum Gasteiger partial charge on any atom is 0.274 e. The van der Waals surface area contributed by atoms with Crippen molar-refractivity contribution in [3.63, 3.8) is 0 Å². The summed E-state index contributed by atoms with van der Waals surface area (Å²) < 4.78 is 0. The van der Waals surface area contributed by atoms with Crippen molar-refractivity contribution < 1.29 is 4.79 Å². The zero-order valence-corrected chi connectivity index (χ0v) is 9.52. The van der Waals surface area contributed by atoms with Gasteiger partial charge < -0.3 is 4.90 Å². The van der Waals surface area contributed by atoms with Crippen LogP contribution in [-0.4, -0.2) is 33.9 Å². The zero-order valence-electron chi connectivity index (χ0n) is 8.77. The van der Waals surface area contributed by atoms with Crippen LogP contribution in [0.25, 0.3) is 0 Å². The van der Waals surface area contributed by atoms with E-state index in [4.69, 9.17) is 11.6 Å². The summed E-state index contributed by atoms with van der Waals surface area (Å²) in [7, 11) is 0. The molecular formula is C11H12ClN3O. The molecule has 84 valence electrons. The molecule has 1 heterocycles. The Morgan fingerprint density at radius 2 is 1.94 bits per heavy atom. The fraction of sp³-hybridized carbons (Fsp3) is 0.182. The molecule has 0 radical (unpaired) electrons. The summed E-state index contributed by atoms with van der Waals surface area (Å²) >= 11 is 5.59. The second-order valence-corrected chi connectivity index (χ2v) is 3.40. The standard InChI is InChI=1S/C11H12ClN3O/c1-3-5-15(6-4-2)11(16)9-7-14-10(12)8-13-9/h3-4,7-8H,1-2,5-6H2. The van der Waals surface area contributed by atoms with Crippen molar-refractivity contribution >= 4 is 17.5 Å². The molecule has 0 saturated heterocycles. The monoisotopic (exact) mass is 237 g/mol. The molecule has 0 spiro atoms. The molecule has 4 nitrogen and oxygen atoms in total. The van der Waals surface area contributed by atoms with E-state index in [2.05, 4.69) is 23.1 Å². The maximum atomic E-state index is 11.9. The van der Waals surface area contributed by atoms with Gasteiger partial charge in [-0.2, -0.15) is 0 Å². The molecule has 0 fully saturated rings. The molecule has 0 aliphatic rings. The highest BCUT2D eigenvalue weighted by Crippen LogP contribution is 2.04. The molecule has 0 aromatic carbocycles. The smallest absolute Gasteiger partial charge is 0.274 e. The van der Waals surface area contributed by atoms with E-state index in [0.717, 1.165) is 0 Å². The number of amides is 1. The Labute approximate surface area is 99.3 Å². The van der Waals surface area contributed by atoms with E-state index in [0.29, 0.717) is 13.1 Å². The lowest BCUT2D eigenvalue weighted by Crippen LogP contribution is -2.32. The molecule has 16 heavy (non-hydrogen) atoms. The number of halogens is 1. The van der Waals surface area contributed by atoms with Crippen molar-refractivity contribution in [3.8, 4) is 0 Å². The van der Waals surface area contributed by atoms with E-state index in [-0.39, 0.29) is 16.8 Å². The average molecular weight is 238 g/mol. The fourth-order valence-electron chi connectivity index (χ4n) is 1.14. The zero-order chi connectivity index (χ0) is 12.0. The number of hydrogen-bond donors (Lipinski definition) is 0. The molecule has 0 N–H and O–H groups in total. The SMILES string of the molecule is C=CCN(CC=C)C(=O)c1cnc(Cl)cn1. The van der Waals surface area contributed by atoms with Crippen molar-refractivity contribution in [2.45, 2.75) is 0 Å². The van der Waals surface area contributed by atoms with Gasteiger partial charge in [0.2, 0.25) is 0 Å². The van der Waals surface area contributed by atoms with Crippen LogP contribution in [0.15, 0.2) is 37.7 Å². The van der Waals surface area contributed by atoms with Crippen molar-refractivity contribution in [2.75, 3.05) is 13.1 Å². The molecule has 1 aromatic heterocycles. The Balaban J connectivity index is 2.84. The van der Waals surface area contributed by atoms with E-state index < -0.39 is 0 Å². The largest absolute Gasteiger partial charge is 0.330 e. The Bertz CT molecular complexity index is 379. The van der Waals surface area contributed by atoms with Crippen LogP contribution in [0.5, 0.6) is 0 Å². The molecule has 0 bridgehead atoms. The highest BCUT2D eigenvalue weighted by molar-refractivity contribution is 6.29. The highest BCUT2D eigenvalue weighted by atomic mass is 35.5. The minimum Gasteiger partial charge on any atom is -0.330 e. The van der Waals surface area contributed by atoms with Crippen LogP contribution < -0.4 is 0 Å². The number of hydrogen-bond acceptors (Lipinski definition) is 3. The molecule has 1 rings (SSSR count). The first-order valence-electron chi connectivity index (χ1n) is 4.67. The molecule has 0 saturated carbocycles. The second kappa shape index (κ2) is 6.02. The first-order chi connectivity index (χ1) is 7.69. The van der Waals surface area contributed by atoms with E-state index in [9.17, 15) is 4.79 Å². The fourth-order valence-corrected chi connectivity index (χ4v) is 1.23. The number of carbonyl (C=O) groups excluding carboxylic acids is 1. The van der Waals surface area contributed by atoms with Crippen LogP contribution in [0.1, 0.15) is 10.5 Å². The van der Waals surface area contributed by atoms with E-state index in [1.807, 2.05) is 0 Å². The lowest BCUT2D eigenvalue weighted by atomic mass is 10.3. The molecule has 0 unspecified atom stereocenters. The highest BCUT2D eigenvalue weighted by Gasteiger charge is 2.14. The van der Waals surface area contributed by atoms with Crippen molar-refractivity contribution in [2.24, 2.45) is 0 Å². The summed E-state index contributed by atoms with van der Waals surface area (Å²) in [5.74, 6) is -0.219. The van der Waals surface area contributed by atoms with Gasteiger partial charge in [0, 0.05) is 13.1 Å². The minimum absolute atomic E-state index is 0.219. The third-order valence-corrected chi connectivity index (χ3v) is 2.02. The van der Waals surface area contributed by atoms with Gasteiger partial charge in [0.15, 0.2) is 0 Å². The van der Waals surface area contributed by atoms with E-state index >= 15 is 0 Å². The second-order valence-electron chi connectivity index (χ2n) is 3.01. The van der Waals surface area contributed by atoms with Gasteiger partial charge in [-0.25, -0.2) is 9.97 Å². The van der Waals surface area contributed by atoms with Gasteiger partial charge in [-0.3, -0.25) is 4.79 Å². The Morgan fingerprint density at radius 3 is 2.38 bits per heavy atom. The minimum atomic E-state index is -0.219. The van der Waals surface area contributed by atoms with Gasteiger partial charge in [0.05, 0.1) is 12.4 Å². The van der Waals surface area contributed by atoms with Crippen LogP contribution in [0.2, 0.25) is 5.15 Å². The summed E-state index contributed by atoms with van der Waals surface area (Å²) in [4.78, 5) is 21.2. The number of aromatic nitrogens is 2. The van der Waals surface area contributed by atoms with Crippen LogP contribution >= 0.6 is 11.6 Å². The molecule has 0 aliphatic heterocycles. The normalized spacial score (nSPS) is 9.56. The molecule has 5 heteroatoms. The van der Waals surface area contributed by atoms with Gasteiger partial charge in [0.1, 0.15) is 10.8 Å². The van der Waals surface area contributed by atoms with E-state index in [1.54, 1.807) is 17.1 Å². The topological polar surface area (TPSA) is 46.1 Å². The Kier molecular flexibility index (Phi) is 4.66. The Hall–Kier alpha value is -1.68. The predicted octanol–water partition coefficient (Wildman–Crippen LogP) is 1.94. The first kappa shape index (κ1) is 12.4. The number of nitrogens with zero attached hydrogens (tertiary/aromatic N) is 3.